The lowest BCUT2D eigenvalue weighted by atomic mass is 9.99. The highest BCUT2D eigenvalue weighted by molar-refractivity contribution is 14.1. The molecule has 2 atom stereocenters. The lowest BCUT2D eigenvalue weighted by Crippen LogP contribution is -2.13. The highest BCUT2D eigenvalue weighted by atomic mass is 127. The van der Waals surface area contributed by atoms with Crippen molar-refractivity contribution in [1.82, 2.24) is 64.4 Å². The van der Waals surface area contributed by atoms with Crippen LogP contribution in [-0.2, 0) is 0 Å². The van der Waals surface area contributed by atoms with Gasteiger partial charge in [-0.2, -0.15) is 10.2 Å². The molecule has 0 aliphatic carbocycles. The molecule has 66 heavy (non-hydrogen) atoms. The van der Waals surface area contributed by atoms with Crippen LogP contribution in [0.4, 0.5) is 29.2 Å². The number of thiazole rings is 1. The van der Waals surface area contributed by atoms with Crippen molar-refractivity contribution in [2.45, 2.75) is 25.9 Å². The smallest absolute Gasteiger partial charge is 0.165 e. The van der Waals surface area contributed by atoms with Crippen LogP contribution in [0.25, 0.3) is 77.5 Å². The van der Waals surface area contributed by atoms with Gasteiger partial charge in [-0.05, 0) is 97.1 Å². The van der Waals surface area contributed by atoms with Gasteiger partial charge in [-0.3, -0.25) is 9.97 Å². The molecule has 15 nitrogen and oxygen atoms in total. The number of fused-ring (bicyclic) bond motifs is 4. The van der Waals surface area contributed by atoms with Gasteiger partial charge < -0.3 is 11.5 Å². The second kappa shape index (κ2) is 17.0. The van der Waals surface area contributed by atoms with Crippen molar-refractivity contribution in [2.75, 3.05) is 11.5 Å². The largest absolute Gasteiger partial charge is 0.383 e. The van der Waals surface area contributed by atoms with Gasteiger partial charge in [0.1, 0.15) is 62.6 Å². The van der Waals surface area contributed by atoms with Gasteiger partial charge in [0.2, 0.25) is 0 Å². The summed E-state index contributed by atoms with van der Waals surface area (Å²) in [6, 6.07) is 14.2. The normalized spacial score (nSPS) is 12.5. The average Bonchev–Trinajstić information content (AvgIpc) is 4.07. The number of anilines is 2. The van der Waals surface area contributed by atoms with E-state index in [-0.39, 0.29) is 17.5 Å². The molecule has 0 aliphatic rings. The Morgan fingerprint density at radius 1 is 0.591 bits per heavy atom. The summed E-state index contributed by atoms with van der Waals surface area (Å²) < 4.78 is 59.9. The van der Waals surface area contributed by atoms with E-state index in [9.17, 15) is 17.6 Å². The lowest BCUT2D eigenvalue weighted by molar-refractivity contribution is 0.564. The number of rotatable bonds is 7. The number of hydrogen-bond donors (Lipinski definition) is 2. The average molecular weight is 1020 g/mol. The van der Waals surface area contributed by atoms with E-state index in [0.717, 1.165) is 12.4 Å². The van der Waals surface area contributed by atoms with Crippen molar-refractivity contribution in [2.24, 2.45) is 0 Å². The number of halogens is 5. The molecule has 0 aliphatic heterocycles. The second-order valence-corrected chi connectivity index (χ2v) is 16.7. The predicted octanol–water partition coefficient (Wildman–Crippen LogP) is 9.54. The fourth-order valence-electron chi connectivity index (χ4n) is 7.77. The minimum absolute atomic E-state index is 0.285. The number of pyridine rings is 4. The van der Waals surface area contributed by atoms with Crippen LogP contribution in [0, 0.1) is 27.0 Å². The summed E-state index contributed by atoms with van der Waals surface area (Å²) in [5.74, 6) is -1.11. The highest BCUT2D eigenvalue weighted by Gasteiger charge is 2.26. The Bertz CT molecular complexity index is 3660. The fraction of sp³-hybridized carbons (Fsp3) is 0.0889. The van der Waals surface area contributed by atoms with Gasteiger partial charge >= 0.3 is 0 Å². The Balaban J connectivity index is 0.000000156. The van der Waals surface area contributed by atoms with Gasteiger partial charge in [0.25, 0.3) is 0 Å². The van der Waals surface area contributed by atoms with E-state index in [1.54, 1.807) is 51.5 Å². The standard InChI is InChI=1S/C24H16F2N8S.C21H14F2IN7/c1-12(34-24-20(23(27)29-10-30-24)22(33-34)19-9-35-11-31-19)21-17(14-5-16(26)8-28-7-14)6-13-4-15(25)2-3-18(13)32-21;1-10(31-21-17(19(24)30-31)20(25)27-9-28-21)18-15(12-5-14(23)8-26-7-12)6-11-4-13(22)2-3-16(11)29-18/h2-12H,1H3,(H2,27,29,30);2-10H,1H3,(H2,25,27,28). The van der Waals surface area contributed by atoms with E-state index >= 15 is 0 Å². The highest BCUT2D eigenvalue weighted by Crippen LogP contribution is 2.38. The molecule has 0 spiro atoms. The first-order valence-corrected chi connectivity index (χ1v) is 21.9. The summed E-state index contributed by atoms with van der Waals surface area (Å²) in [5.41, 5.74) is 20.9. The van der Waals surface area contributed by atoms with Gasteiger partial charge in [-0.25, -0.2) is 61.8 Å². The van der Waals surface area contributed by atoms with Gasteiger partial charge in [0, 0.05) is 50.8 Å². The molecule has 4 N–H and O–H groups in total. The van der Waals surface area contributed by atoms with Crippen LogP contribution in [0.15, 0.2) is 109 Å². The molecular formula is C45H30F4IN15S. The molecule has 9 heterocycles. The van der Waals surface area contributed by atoms with Gasteiger partial charge in [0.15, 0.2) is 11.3 Å². The van der Waals surface area contributed by atoms with Crippen LogP contribution in [0.5, 0.6) is 0 Å². The minimum atomic E-state index is -0.490. The van der Waals surface area contributed by atoms with Crippen LogP contribution in [0.1, 0.15) is 37.3 Å². The maximum atomic E-state index is 14.1. The van der Waals surface area contributed by atoms with Crippen LogP contribution in [-0.4, -0.2) is 64.4 Å². The van der Waals surface area contributed by atoms with E-state index in [4.69, 9.17) is 26.5 Å². The Hall–Kier alpha value is -7.66. The van der Waals surface area contributed by atoms with E-state index in [0.29, 0.717) is 98.4 Å². The quantitative estimate of drug-likeness (QED) is 0.113. The molecular weight excluding hydrogens is 986 g/mol. The number of nitrogens with two attached hydrogens (primary N) is 2. The molecule has 0 saturated carbocycles. The van der Waals surface area contributed by atoms with Crippen molar-refractivity contribution in [3.8, 4) is 33.6 Å². The SMILES string of the molecule is CC(c1nc2ccc(F)cc2cc1-c1cncc(F)c1)n1nc(-c2cscn2)c2c(N)ncnc21.CC(c1nc2ccc(F)cc2cc1-c1cncc(F)c1)n1nc(I)c2c(N)ncnc21. The summed E-state index contributed by atoms with van der Waals surface area (Å²) in [5, 5.41) is 13.7. The lowest BCUT2D eigenvalue weighted by Gasteiger charge is -2.18. The maximum absolute atomic E-state index is 14.1. The number of nitrogens with zero attached hydrogens (tertiary/aromatic N) is 13. The molecule has 21 heteroatoms. The van der Waals surface area contributed by atoms with Gasteiger partial charge in [-0.15, -0.1) is 11.3 Å². The molecule has 0 fully saturated rings. The Morgan fingerprint density at radius 3 is 1.62 bits per heavy atom. The number of benzene rings is 2. The third-order valence-electron chi connectivity index (χ3n) is 10.8. The first-order chi connectivity index (χ1) is 31.9. The van der Waals surface area contributed by atoms with E-state index < -0.39 is 23.7 Å². The van der Waals surface area contributed by atoms with Crippen molar-refractivity contribution in [3.63, 3.8) is 0 Å². The zero-order valence-corrected chi connectivity index (χ0v) is 37.3. The van der Waals surface area contributed by atoms with Crippen molar-refractivity contribution in [3.05, 3.63) is 147 Å². The van der Waals surface area contributed by atoms with Gasteiger partial charge in [0.05, 0.1) is 63.2 Å². The summed E-state index contributed by atoms with van der Waals surface area (Å²) in [7, 11) is 0. The third kappa shape index (κ3) is 7.74. The van der Waals surface area contributed by atoms with E-state index in [1.807, 2.05) is 19.2 Å². The number of aromatic nitrogens is 13. The number of nitrogen functional groups attached to an aromatic ring is 2. The second-order valence-electron chi connectivity index (χ2n) is 15.0. The molecule has 0 bridgehead atoms. The van der Waals surface area contributed by atoms with Crippen molar-refractivity contribution < 1.29 is 17.6 Å². The molecule has 9 aromatic heterocycles. The summed E-state index contributed by atoms with van der Waals surface area (Å²) in [4.78, 5) is 38.9. The number of hydrogen-bond acceptors (Lipinski definition) is 14. The zero-order chi connectivity index (χ0) is 45.8. The molecule has 2 aromatic carbocycles. The first kappa shape index (κ1) is 42.3. The predicted molar refractivity (Wildman–Crippen MR) is 251 cm³/mol. The van der Waals surface area contributed by atoms with E-state index in [2.05, 4.69) is 62.6 Å². The summed E-state index contributed by atoms with van der Waals surface area (Å²) >= 11 is 3.53. The zero-order valence-electron chi connectivity index (χ0n) is 34.3. The van der Waals surface area contributed by atoms with Crippen LogP contribution >= 0.6 is 33.9 Å². The van der Waals surface area contributed by atoms with Crippen LogP contribution < -0.4 is 11.5 Å². The maximum Gasteiger partial charge on any atom is 0.165 e. The molecule has 11 rings (SSSR count). The first-order valence-electron chi connectivity index (χ1n) is 19.9. The third-order valence-corrected chi connectivity index (χ3v) is 12.2. The van der Waals surface area contributed by atoms with Crippen LogP contribution in [0.2, 0.25) is 0 Å². The van der Waals surface area contributed by atoms with Gasteiger partial charge in [-0.1, -0.05) is 0 Å². The molecule has 11 aromatic rings. The Labute approximate surface area is 387 Å². The monoisotopic (exact) mass is 1020 g/mol. The molecule has 326 valence electrons. The van der Waals surface area contributed by atoms with Crippen molar-refractivity contribution in [1.29, 1.82) is 0 Å². The van der Waals surface area contributed by atoms with E-state index in [1.165, 1.54) is 60.4 Å². The Morgan fingerprint density at radius 2 is 1.11 bits per heavy atom. The minimum Gasteiger partial charge on any atom is -0.383 e. The summed E-state index contributed by atoms with van der Waals surface area (Å²) in [6.07, 6.45) is 8.11. The molecule has 2 unspecified atom stereocenters. The summed E-state index contributed by atoms with van der Waals surface area (Å²) in [6.45, 7) is 3.82. The topological polar surface area (TPSA) is 204 Å². The molecule has 0 amide bonds. The fourth-order valence-corrected chi connectivity index (χ4v) is 9.06. The molecule has 0 radical (unpaired) electrons. The van der Waals surface area contributed by atoms with Crippen LogP contribution in [0.3, 0.4) is 0 Å². The van der Waals surface area contributed by atoms with Crippen molar-refractivity contribution >= 4 is 89.4 Å². The molecule has 0 saturated heterocycles. The Kier molecular flexibility index (Phi) is 10.9.